The molecule has 0 saturated heterocycles. The summed E-state index contributed by atoms with van der Waals surface area (Å²) in [5, 5.41) is 12.7. The number of hydrogen-bond acceptors (Lipinski definition) is 6. The van der Waals surface area contributed by atoms with Crippen LogP contribution in [0.5, 0.6) is 5.75 Å². The summed E-state index contributed by atoms with van der Waals surface area (Å²) in [5.41, 5.74) is 6.85. The molecule has 6 aromatic rings. The maximum absolute atomic E-state index is 13.6. The molecule has 1 fully saturated rings. The second-order valence-corrected chi connectivity index (χ2v) is 11.2. The molecule has 1 aliphatic carbocycles. The Bertz CT molecular complexity index is 1970. The summed E-state index contributed by atoms with van der Waals surface area (Å²) < 4.78 is 12.8. The lowest BCUT2D eigenvalue weighted by molar-refractivity contribution is -0.117. The Balaban J connectivity index is 1.15. The van der Waals surface area contributed by atoms with Crippen molar-refractivity contribution in [2.24, 2.45) is 5.92 Å². The van der Waals surface area contributed by atoms with E-state index in [0.29, 0.717) is 40.2 Å². The summed E-state index contributed by atoms with van der Waals surface area (Å²) in [6.07, 6.45) is 2.71. The van der Waals surface area contributed by atoms with Crippen LogP contribution in [0.15, 0.2) is 108 Å². The number of methoxy groups -OCH3 is 1. The zero-order chi connectivity index (χ0) is 30.2. The average molecular weight is 602 g/mol. The molecular formula is C35H28ClN5O3. The predicted octanol–water partition coefficient (Wildman–Crippen LogP) is 7.97. The number of nitrogens with one attached hydrogen (secondary N) is 1. The van der Waals surface area contributed by atoms with Crippen LogP contribution in [0.4, 0.5) is 5.69 Å². The molecule has 9 heteroatoms. The van der Waals surface area contributed by atoms with E-state index in [0.717, 1.165) is 33.6 Å². The summed E-state index contributed by atoms with van der Waals surface area (Å²) in [7, 11) is 1.59. The molecule has 2 heterocycles. The highest BCUT2D eigenvalue weighted by molar-refractivity contribution is 6.32. The van der Waals surface area contributed by atoms with Crippen molar-refractivity contribution in [3.05, 3.63) is 119 Å². The minimum atomic E-state index is -0.227. The van der Waals surface area contributed by atoms with Crippen LogP contribution in [0.1, 0.15) is 23.5 Å². The molecule has 218 valence electrons. The minimum Gasteiger partial charge on any atom is -0.495 e. The molecule has 2 aromatic heterocycles. The lowest BCUT2D eigenvalue weighted by Gasteiger charge is -2.09. The van der Waals surface area contributed by atoms with Crippen LogP contribution >= 0.6 is 11.6 Å². The molecule has 1 amide bonds. The smallest absolute Gasteiger partial charge is 0.260 e. The van der Waals surface area contributed by atoms with Crippen molar-refractivity contribution in [3.63, 3.8) is 0 Å². The highest BCUT2D eigenvalue weighted by atomic mass is 35.5. The first-order valence-corrected chi connectivity index (χ1v) is 14.7. The fourth-order valence-electron chi connectivity index (χ4n) is 5.39. The van der Waals surface area contributed by atoms with E-state index < -0.39 is 0 Å². The quantitative estimate of drug-likeness (QED) is 0.190. The number of aryl methyl sites for hydroxylation is 1. The van der Waals surface area contributed by atoms with Gasteiger partial charge in [-0.2, -0.15) is 10.1 Å². The number of halogens is 1. The number of carbonyl (C=O) groups is 1. The summed E-state index contributed by atoms with van der Waals surface area (Å²) in [5.74, 6) is 1.11. The molecule has 0 radical (unpaired) electrons. The van der Waals surface area contributed by atoms with Crippen molar-refractivity contribution < 1.29 is 14.1 Å². The average Bonchev–Trinajstić information content (AvgIpc) is 3.47. The van der Waals surface area contributed by atoms with Crippen molar-refractivity contribution in [1.29, 1.82) is 0 Å². The van der Waals surface area contributed by atoms with Crippen molar-refractivity contribution in [2.45, 2.75) is 19.3 Å². The minimum absolute atomic E-state index is 0.00736. The van der Waals surface area contributed by atoms with Crippen LogP contribution in [0, 0.1) is 12.8 Å². The van der Waals surface area contributed by atoms with Gasteiger partial charge in [0, 0.05) is 34.7 Å². The Kier molecular flexibility index (Phi) is 7.20. The van der Waals surface area contributed by atoms with E-state index >= 15 is 0 Å². The third-order valence-electron chi connectivity index (χ3n) is 7.87. The molecule has 8 nitrogen and oxygen atoms in total. The number of benzene rings is 4. The van der Waals surface area contributed by atoms with Crippen molar-refractivity contribution in [1.82, 2.24) is 19.9 Å². The third kappa shape index (κ3) is 5.36. The van der Waals surface area contributed by atoms with Gasteiger partial charge in [0.25, 0.3) is 5.89 Å². The number of anilines is 1. The predicted molar refractivity (Wildman–Crippen MR) is 170 cm³/mol. The summed E-state index contributed by atoms with van der Waals surface area (Å²) in [4.78, 5) is 18.2. The first-order valence-electron chi connectivity index (χ1n) is 14.3. The number of amides is 1. The van der Waals surface area contributed by atoms with E-state index in [1.54, 1.807) is 7.11 Å². The number of nitrogens with zero attached hydrogens (tertiary/aromatic N) is 4. The lowest BCUT2D eigenvalue weighted by Crippen LogP contribution is -2.15. The van der Waals surface area contributed by atoms with Crippen LogP contribution in [0.25, 0.3) is 39.8 Å². The molecule has 1 aliphatic rings. The Labute approximate surface area is 259 Å². The third-order valence-corrected chi connectivity index (χ3v) is 8.16. The topological polar surface area (TPSA) is 95.1 Å². The zero-order valence-electron chi connectivity index (χ0n) is 24.1. The molecule has 2 atom stereocenters. The van der Waals surface area contributed by atoms with E-state index in [9.17, 15) is 4.79 Å². The Morgan fingerprint density at radius 1 is 0.977 bits per heavy atom. The van der Waals surface area contributed by atoms with Gasteiger partial charge in [-0.05, 0) is 55.8 Å². The van der Waals surface area contributed by atoms with Crippen molar-refractivity contribution in [2.75, 3.05) is 12.4 Å². The van der Waals surface area contributed by atoms with Gasteiger partial charge in [0.15, 0.2) is 0 Å². The highest BCUT2D eigenvalue weighted by Crippen LogP contribution is 2.51. The summed E-state index contributed by atoms with van der Waals surface area (Å²) in [6, 6.07) is 30.9. The summed E-state index contributed by atoms with van der Waals surface area (Å²) in [6.45, 7) is 2.03. The largest absolute Gasteiger partial charge is 0.495 e. The van der Waals surface area contributed by atoms with Crippen LogP contribution in [0.3, 0.4) is 0 Å². The fraction of sp³-hybridized carbons (Fsp3) is 0.143. The van der Waals surface area contributed by atoms with Crippen molar-refractivity contribution in [3.8, 4) is 45.5 Å². The molecule has 44 heavy (non-hydrogen) atoms. The molecule has 0 spiro atoms. The van der Waals surface area contributed by atoms with Crippen LogP contribution in [-0.4, -0.2) is 32.9 Å². The van der Waals surface area contributed by atoms with E-state index in [2.05, 4.69) is 15.5 Å². The Morgan fingerprint density at radius 2 is 1.73 bits per heavy atom. The first-order chi connectivity index (χ1) is 21.5. The van der Waals surface area contributed by atoms with Gasteiger partial charge < -0.3 is 14.6 Å². The Morgan fingerprint density at radius 3 is 2.50 bits per heavy atom. The van der Waals surface area contributed by atoms with Crippen molar-refractivity contribution >= 4 is 23.2 Å². The molecule has 4 aromatic carbocycles. The molecule has 2 unspecified atom stereocenters. The lowest BCUT2D eigenvalue weighted by atomic mass is 10.0. The van der Waals surface area contributed by atoms with E-state index in [4.69, 9.17) is 26.0 Å². The molecule has 1 saturated carbocycles. The van der Waals surface area contributed by atoms with Gasteiger partial charge in [-0.1, -0.05) is 76.9 Å². The second-order valence-electron chi connectivity index (χ2n) is 10.8. The van der Waals surface area contributed by atoms with E-state index in [1.807, 2.05) is 115 Å². The van der Waals surface area contributed by atoms with Gasteiger partial charge in [0.1, 0.15) is 5.75 Å². The highest BCUT2D eigenvalue weighted by Gasteiger charge is 2.46. The SMILES string of the molecule is COc1ccc(-c2nn(-c3ccccc3)cc2C2CC2C(=O)Nc2ccccc2-c2nc(-c3ccc(C)cc3)no2)cc1Cl. The number of ether oxygens (including phenoxy) is 1. The molecular weight excluding hydrogens is 574 g/mol. The van der Waals surface area contributed by atoms with Gasteiger partial charge in [-0.15, -0.1) is 0 Å². The fourth-order valence-corrected chi connectivity index (χ4v) is 5.65. The second kappa shape index (κ2) is 11.5. The van der Waals surface area contributed by atoms with E-state index in [1.165, 1.54) is 0 Å². The summed E-state index contributed by atoms with van der Waals surface area (Å²) >= 11 is 6.49. The van der Waals surface area contributed by atoms with Gasteiger partial charge in [-0.3, -0.25) is 4.79 Å². The number of rotatable bonds is 8. The van der Waals surface area contributed by atoms with Crippen LogP contribution in [-0.2, 0) is 4.79 Å². The normalized spacial score (nSPS) is 15.6. The van der Waals surface area contributed by atoms with Gasteiger partial charge >= 0.3 is 0 Å². The maximum atomic E-state index is 13.6. The molecule has 7 rings (SSSR count). The standard InChI is InChI=1S/C35H28ClN5O3/c1-21-12-14-22(15-13-21)33-38-35(44-40-33)25-10-6-7-11-30(25)37-34(42)27-19-26(27)28-20-41(24-8-4-3-5-9-24)39-32(28)23-16-17-31(43-2)29(36)18-23/h3-18,20,26-27H,19H2,1-2H3,(H,37,42). The van der Waals surface area contributed by atoms with Crippen LogP contribution < -0.4 is 10.1 Å². The van der Waals surface area contributed by atoms with E-state index in [-0.39, 0.29) is 17.7 Å². The number of para-hydroxylation sites is 2. The van der Waals surface area contributed by atoms with Crippen LogP contribution in [0.2, 0.25) is 5.02 Å². The molecule has 0 aliphatic heterocycles. The monoisotopic (exact) mass is 601 g/mol. The maximum Gasteiger partial charge on any atom is 0.260 e. The first kappa shape index (κ1) is 27.6. The number of carbonyl (C=O) groups excluding carboxylic acids is 1. The number of hydrogen-bond donors (Lipinski definition) is 1. The Hall–Kier alpha value is -5.21. The van der Waals surface area contributed by atoms with Gasteiger partial charge in [0.05, 0.1) is 34.8 Å². The number of aromatic nitrogens is 4. The van der Waals surface area contributed by atoms with Gasteiger partial charge in [-0.25, -0.2) is 4.68 Å². The van der Waals surface area contributed by atoms with Gasteiger partial charge in [0.2, 0.25) is 11.7 Å². The molecule has 1 N–H and O–H groups in total. The zero-order valence-corrected chi connectivity index (χ0v) is 24.8. The molecule has 0 bridgehead atoms.